The Hall–Kier alpha value is -1.26. The van der Waals surface area contributed by atoms with E-state index in [1.54, 1.807) is 7.05 Å². The average molecular weight is 173 g/mol. The van der Waals surface area contributed by atoms with Crippen LogP contribution in [0.5, 0.6) is 0 Å². The minimum Gasteiger partial charge on any atom is -0.387 e. The van der Waals surface area contributed by atoms with Gasteiger partial charge in [-0.2, -0.15) is 0 Å². The Labute approximate surface area is 72.0 Å². The molecule has 12 heavy (non-hydrogen) atoms. The van der Waals surface area contributed by atoms with Crippen LogP contribution >= 0.6 is 0 Å². The Bertz CT molecular complexity index is 193. The fourth-order valence-corrected chi connectivity index (χ4v) is 0.655. The van der Waals surface area contributed by atoms with Crippen LogP contribution in [-0.2, 0) is 0 Å². The lowest BCUT2D eigenvalue weighted by molar-refractivity contribution is -0.433. The van der Waals surface area contributed by atoms with Crippen LogP contribution < -0.4 is 10.6 Å². The molecule has 0 amide bonds. The third-order valence-electron chi connectivity index (χ3n) is 0.981. The van der Waals surface area contributed by atoms with Gasteiger partial charge in [0.2, 0.25) is 0 Å². The van der Waals surface area contributed by atoms with Gasteiger partial charge in [0.1, 0.15) is 0 Å². The molecule has 0 aromatic rings. The summed E-state index contributed by atoms with van der Waals surface area (Å²) in [5.41, 5.74) is -0.296. The molecule has 70 valence electrons. The molecule has 0 aliphatic heterocycles. The van der Waals surface area contributed by atoms with E-state index in [1.807, 2.05) is 20.8 Å². The van der Waals surface area contributed by atoms with Gasteiger partial charge in [0.25, 0.3) is 0 Å². The fraction of sp³-hybridized carbons (Fsp3) is 0.714. The summed E-state index contributed by atoms with van der Waals surface area (Å²) >= 11 is 0. The molecular formula is C7H15N3O2. The van der Waals surface area contributed by atoms with Gasteiger partial charge < -0.3 is 15.4 Å². The van der Waals surface area contributed by atoms with Crippen molar-refractivity contribution in [3.63, 3.8) is 0 Å². The first kappa shape index (κ1) is 10.7. The summed E-state index contributed by atoms with van der Waals surface area (Å²) in [5.74, 6) is -0.0231. The Morgan fingerprint density at radius 3 is 2.25 bits per heavy atom. The van der Waals surface area contributed by atoms with E-state index in [2.05, 4.69) is 10.6 Å². The van der Waals surface area contributed by atoms with E-state index >= 15 is 0 Å². The minimum atomic E-state index is -0.457. The largest absolute Gasteiger partial charge is 0.387 e. The zero-order chi connectivity index (χ0) is 9.78. The highest BCUT2D eigenvalue weighted by Crippen LogP contribution is 2.02. The predicted molar refractivity (Wildman–Crippen MR) is 47.0 cm³/mol. The third-order valence-corrected chi connectivity index (χ3v) is 0.981. The van der Waals surface area contributed by atoms with Crippen LogP contribution in [0.1, 0.15) is 20.8 Å². The van der Waals surface area contributed by atoms with Gasteiger partial charge >= 0.3 is 5.82 Å². The first-order chi connectivity index (χ1) is 5.37. The normalized spacial score (nSPS) is 12.5. The van der Waals surface area contributed by atoms with Gasteiger partial charge in [-0.05, 0) is 25.7 Å². The summed E-state index contributed by atoms with van der Waals surface area (Å²) in [4.78, 5) is 9.95. The molecule has 0 aromatic heterocycles. The zero-order valence-electron chi connectivity index (χ0n) is 7.84. The molecule has 0 aliphatic carbocycles. The molecule has 5 heteroatoms. The standard InChI is InChI=1S/C7H15N3O2/c1-7(2,3)9-6(5-8-4)10(11)12/h5,8-9H,1-4H3/b6-5-. The maximum absolute atomic E-state index is 10.4. The molecule has 0 atom stereocenters. The molecule has 5 nitrogen and oxygen atoms in total. The van der Waals surface area contributed by atoms with Crippen molar-refractivity contribution in [1.82, 2.24) is 10.6 Å². The van der Waals surface area contributed by atoms with Crippen LogP contribution in [0.25, 0.3) is 0 Å². The molecule has 0 radical (unpaired) electrons. The van der Waals surface area contributed by atoms with Crippen LogP contribution in [0.2, 0.25) is 0 Å². The lowest BCUT2D eigenvalue weighted by atomic mass is 10.1. The summed E-state index contributed by atoms with van der Waals surface area (Å²) in [6.45, 7) is 5.58. The van der Waals surface area contributed by atoms with Crippen LogP contribution in [0.15, 0.2) is 12.0 Å². The van der Waals surface area contributed by atoms with E-state index in [4.69, 9.17) is 0 Å². The maximum atomic E-state index is 10.4. The predicted octanol–water partition coefficient (Wildman–Crippen LogP) is 0.669. The lowest BCUT2D eigenvalue weighted by Crippen LogP contribution is -2.38. The van der Waals surface area contributed by atoms with E-state index in [1.165, 1.54) is 6.20 Å². The molecule has 0 unspecified atom stereocenters. The van der Waals surface area contributed by atoms with Crippen molar-refractivity contribution in [2.45, 2.75) is 26.3 Å². The lowest BCUT2D eigenvalue weighted by Gasteiger charge is -2.16. The Morgan fingerprint density at radius 2 is 2.00 bits per heavy atom. The van der Waals surface area contributed by atoms with Gasteiger partial charge in [-0.15, -0.1) is 0 Å². The molecular weight excluding hydrogens is 158 g/mol. The monoisotopic (exact) mass is 173 g/mol. The molecule has 0 spiro atoms. The van der Waals surface area contributed by atoms with Crippen molar-refractivity contribution in [2.75, 3.05) is 7.05 Å². The summed E-state index contributed by atoms with van der Waals surface area (Å²) in [6, 6.07) is 0. The van der Waals surface area contributed by atoms with Crippen LogP contribution in [0.3, 0.4) is 0 Å². The number of nitrogens with zero attached hydrogens (tertiary/aromatic N) is 1. The Balaban J connectivity index is 4.36. The fourth-order valence-electron chi connectivity index (χ4n) is 0.655. The molecule has 0 heterocycles. The van der Waals surface area contributed by atoms with Crippen molar-refractivity contribution in [3.8, 4) is 0 Å². The third kappa shape index (κ3) is 4.54. The summed E-state index contributed by atoms with van der Waals surface area (Å²) in [7, 11) is 1.62. The van der Waals surface area contributed by atoms with E-state index in [0.29, 0.717) is 0 Å². The van der Waals surface area contributed by atoms with E-state index in [-0.39, 0.29) is 11.4 Å². The van der Waals surface area contributed by atoms with Gasteiger partial charge in [0.15, 0.2) is 0 Å². The van der Waals surface area contributed by atoms with E-state index in [0.717, 1.165) is 0 Å². The SMILES string of the molecule is CN/C=C(/NC(C)(C)C)[N+](=O)[O-]. The maximum Gasteiger partial charge on any atom is 0.332 e. The van der Waals surface area contributed by atoms with Crippen LogP contribution in [0.4, 0.5) is 0 Å². The highest BCUT2D eigenvalue weighted by Gasteiger charge is 2.19. The highest BCUT2D eigenvalue weighted by molar-refractivity contribution is 4.91. The van der Waals surface area contributed by atoms with Crippen molar-refractivity contribution in [3.05, 3.63) is 22.1 Å². The average Bonchev–Trinajstić information content (AvgIpc) is 1.83. The minimum absolute atomic E-state index is 0.0231. The number of hydrogen-bond acceptors (Lipinski definition) is 4. The van der Waals surface area contributed by atoms with Crippen molar-refractivity contribution in [2.24, 2.45) is 0 Å². The second-order valence-corrected chi connectivity index (χ2v) is 3.45. The van der Waals surface area contributed by atoms with Crippen molar-refractivity contribution < 1.29 is 4.92 Å². The molecule has 0 aliphatic rings. The van der Waals surface area contributed by atoms with Crippen LogP contribution in [0, 0.1) is 10.1 Å². The number of rotatable bonds is 3. The number of hydrogen-bond donors (Lipinski definition) is 2. The molecule has 0 aromatic carbocycles. The smallest absolute Gasteiger partial charge is 0.332 e. The number of nitrogens with one attached hydrogen (secondary N) is 2. The van der Waals surface area contributed by atoms with Gasteiger partial charge in [-0.1, -0.05) is 0 Å². The molecule has 2 N–H and O–H groups in total. The van der Waals surface area contributed by atoms with Gasteiger partial charge in [0, 0.05) is 7.05 Å². The second kappa shape index (κ2) is 3.94. The molecule has 0 bridgehead atoms. The molecule has 0 fully saturated rings. The Kier molecular flexibility index (Phi) is 3.53. The van der Waals surface area contributed by atoms with E-state index in [9.17, 15) is 10.1 Å². The molecule has 0 saturated heterocycles. The van der Waals surface area contributed by atoms with Crippen molar-refractivity contribution in [1.29, 1.82) is 0 Å². The van der Waals surface area contributed by atoms with Crippen molar-refractivity contribution >= 4 is 0 Å². The highest BCUT2D eigenvalue weighted by atomic mass is 16.6. The van der Waals surface area contributed by atoms with Gasteiger partial charge in [-0.3, -0.25) is 5.32 Å². The molecule has 0 saturated carbocycles. The zero-order valence-corrected chi connectivity index (χ0v) is 7.84. The van der Waals surface area contributed by atoms with E-state index < -0.39 is 4.92 Å². The quantitative estimate of drug-likeness (QED) is 0.486. The first-order valence-corrected chi connectivity index (χ1v) is 3.67. The molecule has 0 rings (SSSR count). The first-order valence-electron chi connectivity index (χ1n) is 3.67. The number of nitro groups is 1. The van der Waals surface area contributed by atoms with Gasteiger partial charge in [-0.25, -0.2) is 0 Å². The second-order valence-electron chi connectivity index (χ2n) is 3.45. The van der Waals surface area contributed by atoms with Gasteiger partial charge in [0.05, 0.1) is 11.7 Å². The summed E-state index contributed by atoms with van der Waals surface area (Å²) in [6.07, 6.45) is 1.32. The van der Waals surface area contributed by atoms with Crippen LogP contribution in [-0.4, -0.2) is 17.5 Å². The summed E-state index contributed by atoms with van der Waals surface area (Å²) in [5, 5.41) is 15.8. The summed E-state index contributed by atoms with van der Waals surface area (Å²) < 4.78 is 0. The Morgan fingerprint density at radius 1 is 1.50 bits per heavy atom. The topological polar surface area (TPSA) is 67.2 Å².